The molecule has 4 saturated heterocycles. The average Bonchev–Trinajstić information content (AvgIpc) is 3.41. The maximum Gasteiger partial charge on any atom is 0.267 e. The van der Waals surface area contributed by atoms with Crippen molar-refractivity contribution in [2.45, 2.75) is 51.4 Å². The zero-order chi connectivity index (χ0) is 30.2. The van der Waals surface area contributed by atoms with Crippen molar-refractivity contribution in [3.63, 3.8) is 0 Å². The molecule has 4 heterocycles. The Kier molecular flexibility index (Phi) is 12.6. The number of carbonyl (C=O) groups excluding carboxylic acids is 4. The molecule has 0 atom stereocenters. The molecule has 0 radical (unpaired) electrons. The molecule has 0 aromatic carbocycles. The molecule has 10 nitrogen and oxygen atoms in total. The number of nitrogens with zero attached hydrogens (tertiary/aromatic N) is 6. The normalized spacial score (nSPS) is 22.7. The molecule has 4 rings (SSSR count). The van der Waals surface area contributed by atoms with Crippen LogP contribution >= 0.6 is 48.0 Å². The summed E-state index contributed by atoms with van der Waals surface area (Å²) in [4.78, 5) is 63.5. The molecule has 0 aromatic rings. The summed E-state index contributed by atoms with van der Waals surface area (Å²) in [6, 6.07) is 0. The number of unbranched alkanes of at least 4 members (excludes halogenated alkanes) is 4. The first-order valence-electron chi connectivity index (χ1n) is 14.9. The first-order chi connectivity index (χ1) is 20.2. The lowest BCUT2D eigenvalue weighted by Crippen LogP contribution is -2.47. The van der Waals surface area contributed by atoms with Crippen LogP contribution in [0, 0.1) is 0 Å². The third kappa shape index (κ3) is 8.75. The van der Waals surface area contributed by atoms with E-state index in [0.29, 0.717) is 44.4 Å². The van der Waals surface area contributed by atoms with Crippen LogP contribution in [-0.2, 0) is 19.2 Å². The number of thiocarbonyl (C=S) groups is 2. The van der Waals surface area contributed by atoms with Crippen molar-refractivity contribution in [2.75, 3.05) is 79.5 Å². The van der Waals surface area contributed by atoms with Gasteiger partial charge >= 0.3 is 0 Å². The molecule has 232 valence electrons. The second kappa shape index (κ2) is 15.9. The topological polar surface area (TPSA) is 87.7 Å². The van der Waals surface area contributed by atoms with Gasteiger partial charge in [0.2, 0.25) is 11.8 Å². The van der Waals surface area contributed by atoms with Crippen LogP contribution in [0.2, 0.25) is 0 Å². The van der Waals surface area contributed by atoms with Gasteiger partial charge in [-0.25, -0.2) is 0 Å². The summed E-state index contributed by atoms with van der Waals surface area (Å²) in [6.07, 6.45) is 5.76. The van der Waals surface area contributed by atoms with Crippen molar-refractivity contribution in [3.05, 3.63) is 9.81 Å². The molecule has 4 aliphatic rings. The lowest BCUT2D eigenvalue weighted by atomic mass is 10.1. The SMILES string of the molecule is CN1CCN(C(=O)CCCCCN2C(=O)/C(=C3\SC(=S)N(CCCCCC(=O)N4CCN(C)CC4)C3=O)SC2=S)CC1. The number of thioether (sulfide) groups is 2. The van der Waals surface area contributed by atoms with Crippen LogP contribution in [0.5, 0.6) is 0 Å². The van der Waals surface area contributed by atoms with E-state index in [0.717, 1.165) is 90.9 Å². The number of likely N-dealkylation sites (N-methyl/N-ethyl adjacent to an activating group) is 2. The van der Waals surface area contributed by atoms with E-state index >= 15 is 0 Å². The predicted octanol–water partition coefficient (Wildman–Crippen LogP) is 2.59. The monoisotopic (exact) mass is 654 g/mol. The van der Waals surface area contributed by atoms with E-state index in [1.54, 1.807) is 9.80 Å². The average molecular weight is 655 g/mol. The Bertz CT molecular complexity index is 1020. The van der Waals surface area contributed by atoms with E-state index < -0.39 is 0 Å². The van der Waals surface area contributed by atoms with Gasteiger partial charge < -0.3 is 19.6 Å². The van der Waals surface area contributed by atoms with Crippen molar-refractivity contribution < 1.29 is 19.2 Å². The Morgan fingerprint density at radius 2 is 0.952 bits per heavy atom. The number of piperazine rings is 2. The second-order valence-corrected chi connectivity index (χ2v) is 14.6. The molecule has 0 unspecified atom stereocenters. The van der Waals surface area contributed by atoms with Gasteiger partial charge in [-0.05, 0) is 39.8 Å². The van der Waals surface area contributed by atoms with Crippen molar-refractivity contribution in [1.29, 1.82) is 0 Å². The van der Waals surface area contributed by atoms with E-state index in [1.807, 2.05) is 9.80 Å². The van der Waals surface area contributed by atoms with Crippen LogP contribution < -0.4 is 0 Å². The Morgan fingerprint density at radius 3 is 1.31 bits per heavy atom. The number of rotatable bonds is 12. The summed E-state index contributed by atoms with van der Waals surface area (Å²) in [7, 11) is 4.14. The zero-order valence-corrected chi connectivity index (χ0v) is 27.9. The predicted molar refractivity (Wildman–Crippen MR) is 176 cm³/mol. The van der Waals surface area contributed by atoms with Crippen LogP contribution in [-0.4, -0.2) is 141 Å². The largest absolute Gasteiger partial charge is 0.340 e. The van der Waals surface area contributed by atoms with E-state index in [1.165, 1.54) is 23.5 Å². The number of amides is 4. The lowest BCUT2D eigenvalue weighted by Gasteiger charge is -2.32. The molecular formula is C28H42N6O4S4. The fraction of sp³-hybridized carbons (Fsp3) is 0.714. The second-order valence-electron chi connectivity index (χ2n) is 11.3. The van der Waals surface area contributed by atoms with Crippen molar-refractivity contribution >= 4 is 80.2 Å². The minimum absolute atomic E-state index is 0.204. The van der Waals surface area contributed by atoms with Crippen LogP contribution in [0.15, 0.2) is 9.81 Å². The molecule has 4 aliphatic heterocycles. The summed E-state index contributed by atoms with van der Waals surface area (Å²) >= 11 is 13.3. The number of hydrogen-bond donors (Lipinski definition) is 0. The highest BCUT2D eigenvalue weighted by Gasteiger charge is 2.41. The highest BCUT2D eigenvalue weighted by Crippen LogP contribution is 2.42. The molecule has 0 saturated carbocycles. The third-order valence-corrected chi connectivity index (χ3v) is 11.2. The van der Waals surface area contributed by atoms with Gasteiger partial charge in [0.25, 0.3) is 11.8 Å². The van der Waals surface area contributed by atoms with Crippen LogP contribution in [0.3, 0.4) is 0 Å². The van der Waals surface area contributed by atoms with Crippen LogP contribution in [0.1, 0.15) is 51.4 Å². The first-order valence-corrected chi connectivity index (χ1v) is 17.3. The quantitative estimate of drug-likeness (QED) is 0.178. The molecular weight excluding hydrogens is 613 g/mol. The van der Waals surface area contributed by atoms with Gasteiger partial charge in [0, 0.05) is 78.3 Å². The smallest absolute Gasteiger partial charge is 0.267 e. The van der Waals surface area contributed by atoms with Gasteiger partial charge in [-0.1, -0.05) is 60.8 Å². The fourth-order valence-electron chi connectivity index (χ4n) is 5.33. The molecule has 14 heteroatoms. The van der Waals surface area contributed by atoms with Crippen LogP contribution in [0.4, 0.5) is 0 Å². The molecule has 0 bridgehead atoms. The Balaban J connectivity index is 1.16. The highest BCUT2D eigenvalue weighted by molar-refractivity contribution is 8.29. The lowest BCUT2D eigenvalue weighted by molar-refractivity contribution is -0.133. The van der Waals surface area contributed by atoms with Crippen molar-refractivity contribution in [3.8, 4) is 0 Å². The van der Waals surface area contributed by atoms with Crippen molar-refractivity contribution in [2.24, 2.45) is 0 Å². The summed E-state index contributed by atoms with van der Waals surface area (Å²) < 4.78 is 0.914. The van der Waals surface area contributed by atoms with E-state index in [-0.39, 0.29) is 23.6 Å². The summed E-state index contributed by atoms with van der Waals surface area (Å²) in [5, 5.41) is 0. The first kappa shape index (κ1) is 33.3. The minimum Gasteiger partial charge on any atom is -0.340 e. The number of hydrogen-bond acceptors (Lipinski definition) is 10. The molecule has 42 heavy (non-hydrogen) atoms. The molecule has 0 spiro atoms. The van der Waals surface area contributed by atoms with Crippen LogP contribution in [0.25, 0.3) is 0 Å². The van der Waals surface area contributed by atoms with E-state index in [2.05, 4.69) is 23.9 Å². The van der Waals surface area contributed by atoms with Gasteiger partial charge in [-0.15, -0.1) is 0 Å². The summed E-state index contributed by atoms with van der Waals surface area (Å²) in [5.74, 6) is -0.0624. The van der Waals surface area contributed by atoms with Gasteiger partial charge in [-0.3, -0.25) is 29.0 Å². The summed E-state index contributed by atoms with van der Waals surface area (Å²) in [5.41, 5.74) is 0. The molecule has 4 amide bonds. The maximum atomic E-state index is 13.2. The van der Waals surface area contributed by atoms with E-state index in [4.69, 9.17) is 24.4 Å². The van der Waals surface area contributed by atoms with Gasteiger partial charge in [0.05, 0.1) is 9.81 Å². The number of carbonyl (C=O) groups is 4. The Labute approximate surface area is 268 Å². The van der Waals surface area contributed by atoms with Gasteiger partial charge in [0.1, 0.15) is 8.64 Å². The summed E-state index contributed by atoms with van der Waals surface area (Å²) in [6.45, 7) is 7.77. The standard InChI is InChI=1S/C28H42N6O4S4/c1-29-13-17-31(18-14-29)21(35)9-5-3-7-11-33-25(37)23(41-27(33)39)24-26(38)34(28(40)42-24)12-8-4-6-10-22(36)32-19-15-30(2)16-20-32/h3-20H2,1-2H3/b24-23+. The van der Waals surface area contributed by atoms with Crippen molar-refractivity contribution in [1.82, 2.24) is 29.4 Å². The van der Waals surface area contributed by atoms with Gasteiger partial charge in [0.15, 0.2) is 0 Å². The Hall–Kier alpha value is -1.58. The third-order valence-electron chi connectivity index (χ3n) is 8.16. The molecule has 0 aliphatic carbocycles. The minimum atomic E-state index is -0.235. The zero-order valence-electron chi connectivity index (χ0n) is 24.7. The Morgan fingerprint density at radius 1 is 0.595 bits per heavy atom. The molecule has 0 N–H and O–H groups in total. The highest BCUT2D eigenvalue weighted by atomic mass is 32.2. The fourth-order valence-corrected chi connectivity index (χ4v) is 8.10. The molecule has 0 aromatic heterocycles. The van der Waals surface area contributed by atoms with E-state index in [9.17, 15) is 19.2 Å². The van der Waals surface area contributed by atoms with Gasteiger partial charge in [-0.2, -0.15) is 0 Å². The maximum absolute atomic E-state index is 13.2. The molecule has 4 fully saturated rings.